The summed E-state index contributed by atoms with van der Waals surface area (Å²) in [5.41, 5.74) is 1.19. The van der Waals surface area contributed by atoms with E-state index in [0.717, 1.165) is 25.1 Å². The first-order chi connectivity index (χ1) is 8.72. The number of hydrogen-bond acceptors (Lipinski definition) is 4. The van der Waals surface area contributed by atoms with E-state index < -0.39 is 6.10 Å². The second kappa shape index (κ2) is 8.91. The third-order valence-electron chi connectivity index (χ3n) is 2.60. The maximum absolute atomic E-state index is 9.68. The number of rotatable bonds is 9. The van der Waals surface area contributed by atoms with Gasteiger partial charge in [-0.2, -0.15) is 0 Å². The van der Waals surface area contributed by atoms with E-state index in [1.54, 1.807) is 0 Å². The van der Waals surface area contributed by atoms with Crippen LogP contribution in [0.2, 0.25) is 0 Å². The van der Waals surface area contributed by atoms with E-state index in [0.29, 0.717) is 6.54 Å². The first-order valence-electron chi connectivity index (χ1n) is 6.41. The third-order valence-corrected chi connectivity index (χ3v) is 2.60. The fraction of sp³-hybridized carbons (Fsp3) is 0.571. The van der Waals surface area contributed by atoms with Crippen LogP contribution in [0.1, 0.15) is 18.4 Å². The zero-order chi connectivity index (χ0) is 13.2. The normalized spacial score (nSPS) is 12.4. The highest BCUT2D eigenvalue weighted by atomic mass is 16.5. The molecule has 0 aliphatic rings. The predicted molar refractivity (Wildman–Crippen MR) is 71.9 cm³/mol. The van der Waals surface area contributed by atoms with Gasteiger partial charge in [0.05, 0.1) is 0 Å². The molecule has 0 heterocycles. The van der Waals surface area contributed by atoms with Gasteiger partial charge >= 0.3 is 0 Å². The number of benzene rings is 1. The van der Waals surface area contributed by atoms with Crippen molar-refractivity contribution >= 4 is 0 Å². The summed E-state index contributed by atoms with van der Waals surface area (Å²) in [6, 6.07) is 7.76. The molecule has 4 heteroatoms. The summed E-state index contributed by atoms with van der Waals surface area (Å²) in [5.74, 6) is 0.778. The van der Waals surface area contributed by atoms with Crippen molar-refractivity contribution in [3.63, 3.8) is 0 Å². The molecule has 0 fully saturated rings. The molecule has 0 bridgehead atoms. The smallest absolute Gasteiger partial charge is 0.119 e. The van der Waals surface area contributed by atoms with E-state index in [2.05, 4.69) is 5.32 Å². The minimum atomic E-state index is -0.513. The maximum atomic E-state index is 9.68. The van der Waals surface area contributed by atoms with Crippen molar-refractivity contribution in [3.05, 3.63) is 29.8 Å². The maximum Gasteiger partial charge on any atom is 0.119 e. The van der Waals surface area contributed by atoms with Crippen LogP contribution < -0.4 is 10.1 Å². The van der Waals surface area contributed by atoms with Gasteiger partial charge in [-0.3, -0.25) is 0 Å². The molecular weight excluding hydrogens is 230 g/mol. The minimum Gasteiger partial charge on any atom is -0.491 e. The Balaban J connectivity index is 2.09. The van der Waals surface area contributed by atoms with Gasteiger partial charge in [0.2, 0.25) is 0 Å². The molecule has 0 aromatic heterocycles. The number of nitrogens with one attached hydrogen (secondary N) is 1. The summed E-state index contributed by atoms with van der Waals surface area (Å²) >= 11 is 0. The Hall–Kier alpha value is -1.10. The molecule has 0 aliphatic heterocycles. The molecule has 1 aromatic rings. The fourth-order valence-electron chi connectivity index (χ4n) is 1.52. The highest BCUT2D eigenvalue weighted by molar-refractivity contribution is 5.26. The monoisotopic (exact) mass is 253 g/mol. The van der Waals surface area contributed by atoms with Crippen molar-refractivity contribution in [1.82, 2.24) is 5.32 Å². The highest BCUT2D eigenvalue weighted by Crippen LogP contribution is 2.11. The van der Waals surface area contributed by atoms with Gasteiger partial charge in [0.1, 0.15) is 18.5 Å². The highest BCUT2D eigenvalue weighted by Gasteiger charge is 2.04. The molecule has 4 nitrogen and oxygen atoms in total. The lowest BCUT2D eigenvalue weighted by Crippen LogP contribution is -2.32. The van der Waals surface area contributed by atoms with Gasteiger partial charge < -0.3 is 20.3 Å². The lowest BCUT2D eigenvalue weighted by atomic mass is 10.2. The van der Waals surface area contributed by atoms with Crippen LogP contribution in [0.15, 0.2) is 24.3 Å². The first kappa shape index (κ1) is 15.0. The zero-order valence-corrected chi connectivity index (χ0v) is 10.9. The molecule has 1 aromatic carbocycles. The topological polar surface area (TPSA) is 61.7 Å². The first-order valence-corrected chi connectivity index (χ1v) is 6.41. The molecular formula is C14H23NO3. The van der Waals surface area contributed by atoms with Crippen LogP contribution in [0.5, 0.6) is 5.75 Å². The van der Waals surface area contributed by atoms with E-state index in [1.807, 2.05) is 31.2 Å². The molecule has 0 aliphatic carbocycles. The summed E-state index contributed by atoms with van der Waals surface area (Å²) in [4.78, 5) is 0. The van der Waals surface area contributed by atoms with Crippen LogP contribution in [0.25, 0.3) is 0 Å². The van der Waals surface area contributed by atoms with Gasteiger partial charge in [0.25, 0.3) is 0 Å². The molecule has 3 N–H and O–H groups in total. The molecule has 18 heavy (non-hydrogen) atoms. The van der Waals surface area contributed by atoms with Gasteiger partial charge in [0.15, 0.2) is 0 Å². The Morgan fingerprint density at radius 2 is 1.94 bits per heavy atom. The Morgan fingerprint density at radius 1 is 1.22 bits per heavy atom. The summed E-state index contributed by atoms with van der Waals surface area (Å²) in [5, 5.41) is 21.4. The molecule has 0 saturated heterocycles. The van der Waals surface area contributed by atoms with Crippen LogP contribution in [-0.4, -0.2) is 42.6 Å². The molecule has 102 valence electrons. The lowest BCUT2D eigenvalue weighted by Gasteiger charge is -2.13. The fourth-order valence-corrected chi connectivity index (χ4v) is 1.52. The van der Waals surface area contributed by atoms with Crippen molar-refractivity contribution in [2.75, 3.05) is 26.3 Å². The molecule has 0 saturated carbocycles. The van der Waals surface area contributed by atoms with Crippen LogP contribution >= 0.6 is 0 Å². The molecule has 0 radical (unpaired) electrons. The van der Waals surface area contributed by atoms with Crippen molar-refractivity contribution in [1.29, 1.82) is 0 Å². The number of aryl methyl sites for hydroxylation is 1. The van der Waals surface area contributed by atoms with Crippen LogP contribution in [0, 0.1) is 6.92 Å². The van der Waals surface area contributed by atoms with Crippen molar-refractivity contribution in [3.8, 4) is 5.75 Å². The second-order valence-electron chi connectivity index (χ2n) is 4.41. The van der Waals surface area contributed by atoms with Crippen molar-refractivity contribution < 1.29 is 14.9 Å². The Morgan fingerprint density at radius 3 is 2.61 bits per heavy atom. The number of ether oxygens (including phenoxy) is 1. The molecule has 0 spiro atoms. The average Bonchev–Trinajstić information content (AvgIpc) is 2.38. The quantitative estimate of drug-likeness (QED) is 0.577. The SMILES string of the molecule is Cc1ccc(OCC(O)CNCCCCO)cc1. The lowest BCUT2D eigenvalue weighted by molar-refractivity contribution is 0.106. The largest absolute Gasteiger partial charge is 0.491 e. The number of aliphatic hydroxyl groups excluding tert-OH is 2. The van der Waals surface area contributed by atoms with Crippen LogP contribution in [-0.2, 0) is 0 Å². The summed E-state index contributed by atoms with van der Waals surface area (Å²) in [6.45, 7) is 3.85. The minimum absolute atomic E-state index is 0.223. The Labute approximate surface area is 109 Å². The van der Waals surface area contributed by atoms with Crippen molar-refractivity contribution in [2.45, 2.75) is 25.9 Å². The van der Waals surface area contributed by atoms with E-state index in [-0.39, 0.29) is 13.2 Å². The van der Waals surface area contributed by atoms with Crippen molar-refractivity contribution in [2.24, 2.45) is 0 Å². The molecule has 1 unspecified atom stereocenters. The Kier molecular flexibility index (Phi) is 7.41. The molecule has 0 amide bonds. The van der Waals surface area contributed by atoms with Gasteiger partial charge in [-0.1, -0.05) is 17.7 Å². The standard InChI is InChI=1S/C14H23NO3/c1-12-4-6-14(7-5-12)18-11-13(17)10-15-8-2-3-9-16/h4-7,13,15-17H,2-3,8-11H2,1H3. The summed E-state index contributed by atoms with van der Waals surface area (Å²) in [7, 11) is 0. The zero-order valence-electron chi connectivity index (χ0n) is 10.9. The van der Waals surface area contributed by atoms with Crippen LogP contribution in [0.3, 0.4) is 0 Å². The van der Waals surface area contributed by atoms with Crippen LogP contribution in [0.4, 0.5) is 0 Å². The number of unbranched alkanes of at least 4 members (excludes halogenated alkanes) is 1. The van der Waals surface area contributed by atoms with Gasteiger partial charge in [0, 0.05) is 13.2 Å². The Bertz CT molecular complexity index is 313. The molecule has 1 rings (SSSR count). The van der Waals surface area contributed by atoms with Gasteiger partial charge in [-0.25, -0.2) is 0 Å². The summed E-state index contributed by atoms with van der Waals surface area (Å²) in [6.07, 6.45) is 1.20. The van der Waals surface area contributed by atoms with E-state index >= 15 is 0 Å². The van der Waals surface area contributed by atoms with E-state index in [1.165, 1.54) is 5.56 Å². The van der Waals surface area contributed by atoms with E-state index in [4.69, 9.17) is 9.84 Å². The third kappa shape index (κ3) is 6.59. The average molecular weight is 253 g/mol. The number of aliphatic hydroxyl groups is 2. The van der Waals surface area contributed by atoms with Gasteiger partial charge in [-0.15, -0.1) is 0 Å². The molecule has 1 atom stereocenters. The van der Waals surface area contributed by atoms with E-state index in [9.17, 15) is 5.11 Å². The second-order valence-corrected chi connectivity index (χ2v) is 4.41. The number of hydrogen-bond donors (Lipinski definition) is 3. The van der Waals surface area contributed by atoms with Gasteiger partial charge in [-0.05, 0) is 38.4 Å². The predicted octanol–water partition coefficient (Wildman–Crippen LogP) is 1.10. The summed E-state index contributed by atoms with van der Waals surface area (Å²) < 4.78 is 5.47.